The number of nitrogens with one attached hydrogen (secondary N) is 2. The number of hydrogen-bond acceptors (Lipinski definition) is 5. The minimum Gasteiger partial charge on any atom is -0.494 e. The van der Waals surface area contributed by atoms with Gasteiger partial charge in [-0.05, 0) is 59.0 Å². The molecule has 2 aromatic rings. The third-order valence-electron chi connectivity index (χ3n) is 4.19. The molecule has 28 heavy (non-hydrogen) atoms. The van der Waals surface area contributed by atoms with Crippen molar-refractivity contribution in [1.29, 1.82) is 0 Å². The van der Waals surface area contributed by atoms with Crippen molar-refractivity contribution in [1.82, 2.24) is 20.5 Å². The van der Waals surface area contributed by atoms with Crippen LogP contribution in [0.3, 0.4) is 0 Å². The summed E-state index contributed by atoms with van der Waals surface area (Å²) in [5.74, 6) is 1.71. The molecule has 6 nitrogen and oxygen atoms in total. The number of ether oxygens (including phenoxy) is 1. The standard InChI is InChI=1S/C21H33N5OS/c1-6-22-21(24-15-20-25-16(2)17(3)28-20)23-14-18-8-10-19(11-9-18)27-13-7-12-26(4)5/h8-11H,6-7,12-15H2,1-5H3,(H2,22,23,24). The number of guanidine groups is 1. The highest BCUT2D eigenvalue weighted by Crippen LogP contribution is 2.16. The van der Waals surface area contributed by atoms with E-state index in [1.165, 1.54) is 4.88 Å². The first kappa shape index (κ1) is 22.2. The Bertz CT molecular complexity index is 720. The molecule has 0 aliphatic rings. The van der Waals surface area contributed by atoms with Gasteiger partial charge in [-0.25, -0.2) is 9.98 Å². The van der Waals surface area contributed by atoms with E-state index in [9.17, 15) is 0 Å². The number of hydrogen-bond donors (Lipinski definition) is 2. The van der Waals surface area contributed by atoms with E-state index >= 15 is 0 Å². The lowest BCUT2D eigenvalue weighted by molar-refractivity contribution is 0.281. The molecule has 0 amide bonds. The smallest absolute Gasteiger partial charge is 0.191 e. The van der Waals surface area contributed by atoms with Crippen LogP contribution in [0.25, 0.3) is 0 Å². The maximum absolute atomic E-state index is 5.78. The third-order valence-corrected chi connectivity index (χ3v) is 5.26. The Balaban J connectivity index is 1.84. The van der Waals surface area contributed by atoms with Crippen LogP contribution in [0.1, 0.15) is 34.5 Å². The van der Waals surface area contributed by atoms with E-state index in [-0.39, 0.29) is 0 Å². The van der Waals surface area contributed by atoms with Crippen LogP contribution in [0.4, 0.5) is 0 Å². The summed E-state index contributed by atoms with van der Waals surface area (Å²) in [6.07, 6.45) is 1.02. The molecule has 0 aliphatic carbocycles. The van der Waals surface area contributed by atoms with E-state index in [1.807, 2.05) is 19.1 Å². The molecule has 0 spiro atoms. The molecule has 0 unspecified atom stereocenters. The van der Waals surface area contributed by atoms with Gasteiger partial charge in [-0.3, -0.25) is 0 Å². The van der Waals surface area contributed by atoms with E-state index < -0.39 is 0 Å². The van der Waals surface area contributed by atoms with Crippen molar-refractivity contribution in [3.8, 4) is 5.75 Å². The van der Waals surface area contributed by atoms with E-state index in [4.69, 9.17) is 4.74 Å². The lowest BCUT2D eigenvalue weighted by Crippen LogP contribution is -2.36. The molecule has 0 aliphatic heterocycles. The maximum Gasteiger partial charge on any atom is 0.191 e. The van der Waals surface area contributed by atoms with E-state index in [0.29, 0.717) is 13.1 Å². The van der Waals surface area contributed by atoms with Crippen molar-refractivity contribution < 1.29 is 4.74 Å². The van der Waals surface area contributed by atoms with Gasteiger partial charge in [-0.2, -0.15) is 0 Å². The molecule has 0 saturated carbocycles. The number of nitrogens with zero attached hydrogens (tertiary/aromatic N) is 3. The lowest BCUT2D eigenvalue weighted by atomic mass is 10.2. The summed E-state index contributed by atoms with van der Waals surface area (Å²) in [4.78, 5) is 12.7. The van der Waals surface area contributed by atoms with E-state index in [1.54, 1.807) is 11.3 Å². The summed E-state index contributed by atoms with van der Waals surface area (Å²) < 4.78 is 5.78. The normalized spacial score (nSPS) is 11.7. The molecular formula is C21H33N5OS. The van der Waals surface area contributed by atoms with Gasteiger partial charge in [0.15, 0.2) is 5.96 Å². The number of thiazole rings is 1. The topological polar surface area (TPSA) is 61.8 Å². The Morgan fingerprint density at radius 2 is 1.93 bits per heavy atom. The number of aliphatic imine (C=N–C) groups is 1. The van der Waals surface area contributed by atoms with Crippen molar-refractivity contribution in [2.75, 3.05) is 33.8 Å². The average Bonchev–Trinajstić information content (AvgIpc) is 2.99. The second-order valence-electron chi connectivity index (χ2n) is 6.95. The van der Waals surface area contributed by atoms with Crippen LogP contribution in [-0.2, 0) is 13.1 Å². The minimum atomic E-state index is 0.617. The second-order valence-corrected chi connectivity index (χ2v) is 8.23. The number of aromatic nitrogens is 1. The molecule has 0 radical (unpaired) electrons. The van der Waals surface area contributed by atoms with Crippen LogP contribution in [0, 0.1) is 13.8 Å². The zero-order valence-electron chi connectivity index (χ0n) is 17.7. The summed E-state index contributed by atoms with van der Waals surface area (Å²) in [5.41, 5.74) is 2.26. The van der Waals surface area contributed by atoms with Crippen LogP contribution in [-0.4, -0.2) is 49.6 Å². The fraction of sp³-hybridized carbons (Fsp3) is 0.524. The summed E-state index contributed by atoms with van der Waals surface area (Å²) in [6, 6.07) is 8.17. The monoisotopic (exact) mass is 403 g/mol. The Morgan fingerprint density at radius 3 is 2.54 bits per heavy atom. The van der Waals surface area contributed by atoms with Crippen molar-refractivity contribution in [2.24, 2.45) is 4.99 Å². The second kappa shape index (κ2) is 11.7. The highest BCUT2D eigenvalue weighted by molar-refractivity contribution is 7.11. The van der Waals surface area contributed by atoms with E-state index in [0.717, 1.165) is 54.1 Å². The largest absolute Gasteiger partial charge is 0.494 e. The van der Waals surface area contributed by atoms with Gasteiger partial charge in [0.05, 0.1) is 25.4 Å². The van der Waals surface area contributed by atoms with Gasteiger partial charge < -0.3 is 20.3 Å². The van der Waals surface area contributed by atoms with Crippen LogP contribution < -0.4 is 15.4 Å². The Morgan fingerprint density at radius 1 is 1.18 bits per heavy atom. The fourth-order valence-corrected chi connectivity index (χ4v) is 3.42. The molecular weight excluding hydrogens is 370 g/mol. The molecule has 0 bridgehead atoms. The zero-order valence-corrected chi connectivity index (χ0v) is 18.5. The van der Waals surface area contributed by atoms with Crippen molar-refractivity contribution in [3.63, 3.8) is 0 Å². The molecule has 1 aromatic heterocycles. The SMILES string of the molecule is CCNC(=NCc1ccc(OCCCN(C)C)cc1)NCc1nc(C)c(C)s1. The van der Waals surface area contributed by atoms with Gasteiger partial charge in [-0.1, -0.05) is 12.1 Å². The van der Waals surface area contributed by atoms with Crippen LogP contribution in [0.2, 0.25) is 0 Å². The predicted molar refractivity (Wildman–Crippen MR) is 118 cm³/mol. The Labute approximate surface area is 173 Å². The highest BCUT2D eigenvalue weighted by atomic mass is 32.1. The highest BCUT2D eigenvalue weighted by Gasteiger charge is 2.05. The first-order chi connectivity index (χ1) is 13.5. The van der Waals surface area contributed by atoms with Gasteiger partial charge in [0.25, 0.3) is 0 Å². The van der Waals surface area contributed by atoms with Gasteiger partial charge in [0.1, 0.15) is 10.8 Å². The van der Waals surface area contributed by atoms with Crippen molar-refractivity contribution >= 4 is 17.3 Å². The molecule has 0 fully saturated rings. The maximum atomic E-state index is 5.78. The fourth-order valence-electron chi connectivity index (χ4n) is 2.55. The van der Waals surface area contributed by atoms with Crippen molar-refractivity contribution in [2.45, 2.75) is 40.3 Å². The minimum absolute atomic E-state index is 0.617. The summed E-state index contributed by atoms with van der Waals surface area (Å²) >= 11 is 1.73. The van der Waals surface area contributed by atoms with Gasteiger partial charge in [0, 0.05) is 18.0 Å². The average molecular weight is 404 g/mol. The molecule has 7 heteroatoms. The van der Waals surface area contributed by atoms with E-state index in [2.05, 4.69) is 65.6 Å². The molecule has 1 aromatic carbocycles. The Hall–Kier alpha value is -2.12. The van der Waals surface area contributed by atoms with Crippen LogP contribution >= 0.6 is 11.3 Å². The van der Waals surface area contributed by atoms with Crippen molar-refractivity contribution in [3.05, 3.63) is 45.4 Å². The number of benzene rings is 1. The van der Waals surface area contributed by atoms with Crippen LogP contribution in [0.15, 0.2) is 29.3 Å². The Kier molecular flexibility index (Phi) is 9.23. The zero-order chi connectivity index (χ0) is 20.4. The quantitative estimate of drug-likeness (QED) is 0.362. The summed E-state index contributed by atoms with van der Waals surface area (Å²) in [5, 5.41) is 7.73. The first-order valence-corrected chi connectivity index (χ1v) is 10.6. The molecule has 1 heterocycles. The lowest BCUT2D eigenvalue weighted by Gasteiger charge is -2.11. The molecule has 2 N–H and O–H groups in total. The van der Waals surface area contributed by atoms with Gasteiger partial charge in [-0.15, -0.1) is 11.3 Å². The summed E-state index contributed by atoms with van der Waals surface area (Å²) in [6.45, 7) is 10.1. The van der Waals surface area contributed by atoms with Gasteiger partial charge in [0.2, 0.25) is 0 Å². The van der Waals surface area contributed by atoms with Crippen LogP contribution in [0.5, 0.6) is 5.75 Å². The third kappa shape index (κ3) is 7.86. The summed E-state index contributed by atoms with van der Waals surface area (Å²) in [7, 11) is 4.15. The molecule has 0 saturated heterocycles. The number of aryl methyl sites for hydroxylation is 2. The predicted octanol–water partition coefficient (Wildman–Crippen LogP) is 3.35. The molecule has 0 atom stereocenters. The number of rotatable bonds is 10. The molecule has 2 rings (SSSR count). The first-order valence-electron chi connectivity index (χ1n) is 9.79. The molecule has 154 valence electrons. The van der Waals surface area contributed by atoms with Gasteiger partial charge >= 0.3 is 0 Å².